The summed E-state index contributed by atoms with van der Waals surface area (Å²) < 4.78 is 23.6. The Morgan fingerprint density at radius 1 is 1.27 bits per heavy atom. The highest BCUT2D eigenvalue weighted by molar-refractivity contribution is 5.49. The molecule has 0 spiro atoms. The van der Waals surface area contributed by atoms with E-state index in [0.717, 1.165) is 6.07 Å². The summed E-state index contributed by atoms with van der Waals surface area (Å²) in [4.78, 5) is 10.2. The number of ether oxygens (including phenoxy) is 2. The number of non-ortho nitro benzene ring substituents is 1. The Hall–Kier alpha value is -3.14. The molecular formula is C15H11FN2O4. The van der Waals surface area contributed by atoms with Crippen molar-refractivity contribution in [1.82, 2.24) is 0 Å². The minimum absolute atomic E-state index is 0.0410. The lowest BCUT2D eigenvalue weighted by atomic mass is 10.1. The summed E-state index contributed by atoms with van der Waals surface area (Å²) in [6.07, 6.45) is 0. The van der Waals surface area contributed by atoms with Crippen LogP contribution in [0.25, 0.3) is 0 Å². The molecular weight excluding hydrogens is 291 g/mol. The lowest BCUT2D eigenvalue weighted by molar-refractivity contribution is -0.385. The molecule has 0 fully saturated rings. The second kappa shape index (κ2) is 6.54. The molecule has 0 saturated heterocycles. The molecule has 2 rings (SSSR count). The van der Waals surface area contributed by atoms with Gasteiger partial charge >= 0.3 is 0 Å². The van der Waals surface area contributed by atoms with Gasteiger partial charge in [0.25, 0.3) is 5.69 Å². The summed E-state index contributed by atoms with van der Waals surface area (Å²) in [6, 6.07) is 9.56. The van der Waals surface area contributed by atoms with Crippen molar-refractivity contribution < 1.29 is 18.8 Å². The summed E-state index contributed by atoms with van der Waals surface area (Å²) in [6.45, 7) is -0.0410. The molecule has 0 saturated carbocycles. The molecule has 0 unspecified atom stereocenters. The smallest absolute Gasteiger partial charge is 0.273 e. The summed E-state index contributed by atoms with van der Waals surface area (Å²) in [5.41, 5.74) is 0.470. The van der Waals surface area contributed by atoms with Crippen molar-refractivity contribution in [3.8, 4) is 17.6 Å². The normalized spacial score (nSPS) is 9.86. The van der Waals surface area contributed by atoms with E-state index >= 15 is 0 Å². The molecule has 0 aromatic heterocycles. The third-order valence-corrected chi connectivity index (χ3v) is 2.93. The number of halogens is 1. The maximum Gasteiger partial charge on any atom is 0.273 e. The first kappa shape index (κ1) is 15.3. The van der Waals surface area contributed by atoms with Gasteiger partial charge in [-0.05, 0) is 18.2 Å². The number of nitro benzene ring substituents is 1. The van der Waals surface area contributed by atoms with Crippen molar-refractivity contribution in [3.05, 3.63) is 63.5 Å². The third-order valence-electron chi connectivity index (χ3n) is 2.93. The number of benzene rings is 2. The first-order valence-corrected chi connectivity index (χ1v) is 6.19. The molecule has 0 aliphatic rings. The van der Waals surface area contributed by atoms with E-state index in [4.69, 9.17) is 14.7 Å². The number of methoxy groups -OCH3 is 1. The van der Waals surface area contributed by atoms with Crippen LogP contribution in [-0.4, -0.2) is 12.0 Å². The van der Waals surface area contributed by atoms with E-state index in [1.165, 1.54) is 37.4 Å². The van der Waals surface area contributed by atoms with Crippen LogP contribution in [0, 0.1) is 27.3 Å². The van der Waals surface area contributed by atoms with Crippen LogP contribution in [0.1, 0.15) is 11.1 Å². The van der Waals surface area contributed by atoms with Gasteiger partial charge in [0.15, 0.2) is 11.5 Å². The molecule has 0 aliphatic heterocycles. The fraction of sp³-hybridized carbons (Fsp3) is 0.133. The lowest BCUT2D eigenvalue weighted by Crippen LogP contribution is -2.01. The predicted molar refractivity (Wildman–Crippen MR) is 75.1 cm³/mol. The van der Waals surface area contributed by atoms with Crippen LogP contribution in [0.3, 0.4) is 0 Å². The highest BCUT2D eigenvalue weighted by Gasteiger charge is 2.13. The number of nitriles is 1. The number of hydrogen-bond acceptors (Lipinski definition) is 5. The van der Waals surface area contributed by atoms with Gasteiger partial charge in [0, 0.05) is 11.6 Å². The molecule has 0 bridgehead atoms. The maximum atomic E-state index is 13.1. The van der Waals surface area contributed by atoms with E-state index in [-0.39, 0.29) is 23.6 Å². The third kappa shape index (κ3) is 3.30. The van der Waals surface area contributed by atoms with Crippen LogP contribution in [0.2, 0.25) is 0 Å². The van der Waals surface area contributed by atoms with E-state index < -0.39 is 10.7 Å². The fourth-order valence-electron chi connectivity index (χ4n) is 1.83. The van der Waals surface area contributed by atoms with Crippen molar-refractivity contribution in [1.29, 1.82) is 5.26 Å². The summed E-state index contributed by atoms with van der Waals surface area (Å²) in [5.74, 6) is -0.0237. The average molecular weight is 302 g/mol. The Kier molecular flexibility index (Phi) is 4.53. The monoisotopic (exact) mass is 302 g/mol. The van der Waals surface area contributed by atoms with Crippen molar-refractivity contribution in [2.45, 2.75) is 6.61 Å². The second-order valence-electron chi connectivity index (χ2n) is 4.29. The highest BCUT2D eigenvalue weighted by Crippen LogP contribution is 2.31. The first-order valence-electron chi connectivity index (χ1n) is 6.19. The van der Waals surface area contributed by atoms with E-state index in [9.17, 15) is 14.5 Å². The standard InChI is InChI=1S/C15H11FN2O4/c1-21-14-5-4-13(18(19)20)7-15(14)22-9-10-2-3-12(16)6-11(10)8-17/h2-7H,9H2,1H3. The summed E-state index contributed by atoms with van der Waals surface area (Å²) in [7, 11) is 1.41. The second-order valence-corrected chi connectivity index (χ2v) is 4.29. The number of rotatable bonds is 5. The van der Waals surface area contributed by atoms with E-state index in [0.29, 0.717) is 11.3 Å². The zero-order valence-electron chi connectivity index (χ0n) is 11.6. The van der Waals surface area contributed by atoms with Crippen LogP contribution in [0.5, 0.6) is 11.5 Å². The van der Waals surface area contributed by atoms with Crippen LogP contribution >= 0.6 is 0 Å². The average Bonchev–Trinajstić information content (AvgIpc) is 2.53. The molecule has 22 heavy (non-hydrogen) atoms. The quantitative estimate of drug-likeness (QED) is 0.625. The Morgan fingerprint density at radius 2 is 2.05 bits per heavy atom. The minimum atomic E-state index is -0.551. The van der Waals surface area contributed by atoms with Gasteiger partial charge in [-0.1, -0.05) is 6.07 Å². The molecule has 2 aromatic carbocycles. The Balaban J connectivity index is 2.26. The SMILES string of the molecule is COc1ccc([N+](=O)[O-])cc1OCc1ccc(F)cc1C#N. The number of nitro groups is 1. The fourth-order valence-corrected chi connectivity index (χ4v) is 1.83. The Labute approximate surface area is 125 Å². The summed E-state index contributed by atoms with van der Waals surface area (Å²) >= 11 is 0. The Morgan fingerprint density at radius 3 is 2.68 bits per heavy atom. The molecule has 112 valence electrons. The molecule has 6 nitrogen and oxygen atoms in total. The number of nitrogens with zero attached hydrogens (tertiary/aromatic N) is 2. The molecule has 7 heteroatoms. The van der Waals surface area contributed by atoms with Crippen LogP contribution in [0.4, 0.5) is 10.1 Å². The highest BCUT2D eigenvalue weighted by atomic mass is 19.1. The van der Waals surface area contributed by atoms with Crippen molar-refractivity contribution >= 4 is 5.69 Å². The first-order chi connectivity index (χ1) is 10.5. The molecule has 0 heterocycles. The van der Waals surface area contributed by atoms with Gasteiger partial charge in [-0.15, -0.1) is 0 Å². The van der Waals surface area contributed by atoms with Crippen LogP contribution < -0.4 is 9.47 Å². The predicted octanol–water partition coefficient (Wildman–Crippen LogP) is 3.19. The largest absolute Gasteiger partial charge is 0.493 e. The lowest BCUT2D eigenvalue weighted by Gasteiger charge is -2.11. The molecule has 2 aromatic rings. The zero-order valence-corrected chi connectivity index (χ0v) is 11.6. The van der Waals surface area contributed by atoms with Gasteiger partial charge in [-0.2, -0.15) is 5.26 Å². The van der Waals surface area contributed by atoms with Gasteiger partial charge in [0.2, 0.25) is 0 Å². The van der Waals surface area contributed by atoms with E-state index in [2.05, 4.69) is 0 Å². The van der Waals surface area contributed by atoms with E-state index in [1.807, 2.05) is 6.07 Å². The van der Waals surface area contributed by atoms with Crippen LogP contribution in [0.15, 0.2) is 36.4 Å². The number of hydrogen-bond donors (Lipinski definition) is 0. The topological polar surface area (TPSA) is 85.4 Å². The van der Waals surface area contributed by atoms with Gasteiger partial charge in [-0.25, -0.2) is 4.39 Å². The Bertz CT molecular complexity index is 756. The van der Waals surface area contributed by atoms with Gasteiger partial charge in [0.1, 0.15) is 12.4 Å². The molecule has 0 N–H and O–H groups in total. The van der Waals surface area contributed by atoms with Crippen molar-refractivity contribution in [2.24, 2.45) is 0 Å². The molecule has 0 aliphatic carbocycles. The van der Waals surface area contributed by atoms with Crippen molar-refractivity contribution in [2.75, 3.05) is 7.11 Å². The molecule has 0 atom stereocenters. The zero-order chi connectivity index (χ0) is 16.1. The van der Waals surface area contributed by atoms with Gasteiger partial charge in [0.05, 0.1) is 29.7 Å². The van der Waals surface area contributed by atoms with Crippen molar-refractivity contribution in [3.63, 3.8) is 0 Å². The van der Waals surface area contributed by atoms with E-state index in [1.54, 1.807) is 0 Å². The summed E-state index contributed by atoms with van der Waals surface area (Å²) in [5, 5.41) is 19.8. The van der Waals surface area contributed by atoms with Gasteiger partial charge < -0.3 is 9.47 Å². The molecule has 0 amide bonds. The van der Waals surface area contributed by atoms with Crippen LogP contribution in [-0.2, 0) is 6.61 Å². The minimum Gasteiger partial charge on any atom is -0.493 e. The van der Waals surface area contributed by atoms with Gasteiger partial charge in [-0.3, -0.25) is 10.1 Å². The maximum absolute atomic E-state index is 13.1. The molecule has 0 radical (unpaired) electrons.